The number of nitrogens with one attached hydrogen (secondary N) is 2. The normalized spacial score (nSPS) is 18.7. The van der Waals surface area contributed by atoms with E-state index in [0.717, 1.165) is 64.9 Å². The molecular weight excluding hydrogens is 429 g/mol. The van der Waals surface area contributed by atoms with Gasteiger partial charge in [0, 0.05) is 38.8 Å². The van der Waals surface area contributed by atoms with Crippen LogP contribution < -0.4 is 10.6 Å². The first-order valence-electron chi connectivity index (χ1n) is 9.97. The zero-order valence-corrected chi connectivity index (χ0v) is 18.8. The molecule has 150 valence electrons. The van der Waals surface area contributed by atoms with Gasteiger partial charge in [0.05, 0.1) is 13.2 Å². The van der Waals surface area contributed by atoms with Crippen molar-refractivity contribution in [2.45, 2.75) is 59.3 Å². The molecule has 0 aromatic heterocycles. The van der Waals surface area contributed by atoms with Crippen LogP contribution in [0, 0.1) is 11.8 Å². The molecule has 6 heteroatoms. The first kappa shape index (κ1) is 24.9. The minimum Gasteiger partial charge on any atom is -0.381 e. The van der Waals surface area contributed by atoms with E-state index < -0.39 is 0 Å². The number of nitrogens with zero attached hydrogens (tertiary/aromatic N) is 1. The molecule has 0 aromatic carbocycles. The van der Waals surface area contributed by atoms with Crippen LogP contribution in [0.25, 0.3) is 0 Å². The number of hydrogen-bond acceptors (Lipinski definition) is 3. The lowest BCUT2D eigenvalue weighted by Gasteiger charge is -2.15. The average Bonchev–Trinajstić information content (AvgIpc) is 3.11. The van der Waals surface area contributed by atoms with Crippen molar-refractivity contribution in [3.63, 3.8) is 0 Å². The minimum atomic E-state index is 0. The lowest BCUT2D eigenvalue weighted by atomic mass is 10.00. The van der Waals surface area contributed by atoms with Gasteiger partial charge in [-0.05, 0) is 32.1 Å². The molecule has 2 atom stereocenters. The fourth-order valence-electron chi connectivity index (χ4n) is 2.83. The molecule has 25 heavy (non-hydrogen) atoms. The molecule has 0 aliphatic carbocycles. The molecule has 0 bridgehead atoms. The maximum atomic E-state index is 5.74. The number of rotatable bonds is 13. The highest BCUT2D eigenvalue weighted by molar-refractivity contribution is 14.0. The Balaban J connectivity index is 0.00000576. The molecule has 1 saturated heterocycles. The second kappa shape index (κ2) is 17.3. The Bertz CT molecular complexity index is 324. The van der Waals surface area contributed by atoms with Crippen molar-refractivity contribution in [3.05, 3.63) is 0 Å². The minimum absolute atomic E-state index is 0. The summed E-state index contributed by atoms with van der Waals surface area (Å²) < 4.78 is 11.1. The van der Waals surface area contributed by atoms with E-state index in [2.05, 4.69) is 31.4 Å². The first-order valence-corrected chi connectivity index (χ1v) is 9.97. The summed E-state index contributed by atoms with van der Waals surface area (Å²) in [5.41, 5.74) is 0. The molecule has 0 radical (unpaired) electrons. The summed E-state index contributed by atoms with van der Waals surface area (Å²) in [6.45, 7) is 12.8. The number of guanidine groups is 1. The van der Waals surface area contributed by atoms with E-state index in [-0.39, 0.29) is 24.0 Å². The molecule has 2 unspecified atom stereocenters. The van der Waals surface area contributed by atoms with Crippen LogP contribution >= 0.6 is 24.0 Å². The predicted octanol–water partition coefficient (Wildman–Crippen LogP) is 3.82. The van der Waals surface area contributed by atoms with Gasteiger partial charge < -0.3 is 20.1 Å². The fourth-order valence-corrected chi connectivity index (χ4v) is 2.83. The Labute approximate surface area is 172 Å². The van der Waals surface area contributed by atoms with Crippen molar-refractivity contribution >= 4 is 29.9 Å². The molecule has 0 amide bonds. The number of unbranched alkanes of at least 4 members (excludes halogenated alkanes) is 1. The summed E-state index contributed by atoms with van der Waals surface area (Å²) in [4.78, 5) is 4.76. The highest BCUT2D eigenvalue weighted by atomic mass is 127. The van der Waals surface area contributed by atoms with Crippen LogP contribution in [0.3, 0.4) is 0 Å². The van der Waals surface area contributed by atoms with Crippen LogP contribution in [0.1, 0.15) is 59.3 Å². The van der Waals surface area contributed by atoms with Crippen LogP contribution in [-0.4, -0.2) is 52.0 Å². The molecule has 0 saturated carbocycles. The zero-order chi connectivity index (χ0) is 17.5. The molecule has 1 rings (SSSR count). The molecule has 2 N–H and O–H groups in total. The summed E-state index contributed by atoms with van der Waals surface area (Å²) in [7, 11) is 0. The Morgan fingerprint density at radius 3 is 2.72 bits per heavy atom. The van der Waals surface area contributed by atoms with Gasteiger partial charge in [0.25, 0.3) is 0 Å². The Morgan fingerprint density at radius 1 is 1.24 bits per heavy atom. The molecule has 1 fully saturated rings. The van der Waals surface area contributed by atoms with Crippen LogP contribution in [0.15, 0.2) is 4.99 Å². The SMILES string of the molecule is CCCCC(CC)CN=C(NCC)NCCCOCC1CCOC1.I. The van der Waals surface area contributed by atoms with E-state index in [1.165, 1.54) is 25.7 Å². The molecule has 1 heterocycles. The van der Waals surface area contributed by atoms with Crippen molar-refractivity contribution < 1.29 is 9.47 Å². The van der Waals surface area contributed by atoms with Crippen molar-refractivity contribution in [1.29, 1.82) is 0 Å². The summed E-state index contributed by atoms with van der Waals surface area (Å²) in [5, 5.41) is 6.75. The van der Waals surface area contributed by atoms with Gasteiger partial charge in [0.15, 0.2) is 5.96 Å². The maximum absolute atomic E-state index is 5.74. The smallest absolute Gasteiger partial charge is 0.191 e. The fraction of sp³-hybridized carbons (Fsp3) is 0.947. The largest absolute Gasteiger partial charge is 0.381 e. The summed E-state index contributed by atoms with van der Waals surface area (Å²) in [5.74, 6) is 2.25. The van der Waals surface area contributed by atoms with E-state index in [1.54, 1.807) is 0 Å². The van der Waals surface area contributed by atoms with Crippen LogP contribution in [0.4, 0.5) is 0 Å². The third-order valence-electron chi connectivity index (χ3n) is 4.53. The van der Waals surface area contributed by atoms with E-state index in [9.17, 15) is 0 Å². The third-order valence-corrected chi connectivity index (χ3v) is 4.53. The highest BCUT2D eigenvalue weighted by Crippen LogP contribution is 2.13. The van der Waals surface area contributed by atoms with E-state index in [4.69, 9.17) is 14.5 Å². The van der Waals surface area contributed by atoms with Gasteiger partial charge in [0.2, 0.25) is 0 Å². The van der Waals surface area contributed by atoms with Crippen LogP contribution in [-0.2, 0) is 9.47 Å². The summed E-state index contributed by atoms with van der Waals surface area (Å²) in [6.07, 6.45) is 7.22. The number of aliphatic imine (C=N–C) groups is 1. The van der Waals surface area contributed by atoms with Gasteiger partial charge in [-0.25, -0.2) is 0 Å². The van der Waals surface area contributed by atoms with E-state index in [0.29, 0.717) is 11.8 Å². The Hall–Kier alpha value is -0.0800. The number of hydrogen-bond donors (Lipinski definition) is 2. The topological polar surface area (TPSA) is 54.9 Å². The van der Waals surface area contributed by atoms with E-state index in [1.807, 2.05) is 0 Å². The number of halogens is 1. The van der Waals surface area contributed by atoms with Gasteiger partial charge >= 0.3 is 0 Å². The third kappa shape index (κ3) is 12.8. The maximum Gasteiger partial charge on any atom is 0.191 e. The van der Waals surface area contributed by atoms with Crippen molar-refractivity contribution in [2.24, 2.45) is 16.8 Å². The standard InChI is InChI=1S/C19H39N3O2.HI/c1-4-7-9-17(5-2)14-22-19(20-6-3)21-11-8-12-23-15-18-10-13-24-16-18;/h17-18H,4-16H2,1-3H3,(H2,20,21,22);1H. The van der Waals surface area contributed by atoms with Crippen LogP contribution in [0.5, 0.6) is 0 Å². The Morgan fingerprint density at radius 2 is 2.08 bits per heavy atom. The van der Waals surface area contributed by atoms with Gasteiger partial charge in [-0.3, -0.25) is 4.99 Å². The van der Waals surface area contributed by atoms with Gasteiger partial charge in [-0.15, -0.1) is 24.0 Å². The molecule has 1 aliphatic heterocycles. The molecule has 1 aliphatic rings. The quantitative estimate of drug-likeness (QED) is 0.186. The second-order valence-corrected chi connectivity index (χ2v) is 6.72. The van der Waals surface area contributed by atoms with E-state index >= 15 is 0 Å². The zero-order valence-electron chi connectivity index (χ0n) is 16.5. The number of ether oxygens (including phenoxy) is 2. The van der Waals surface area contributed by atoms with Crippen LogP contribution in [0.2, 0.25) is 0 Å². The molecule has 0 spiro atoms. The highest BCUT2D eigenvalue weighted by Gasteiger charge is 2.15. The average molecular weight is 469 g/mol. The van der Waals surface area contributed by atoms with Gasteiger partial charge in [-0.1, -0.05) is 33.1 Å². The monoisotopic (exact) mass is 469 g/mol. The lowest BCUT2D eigenvalue weighted by Crippen LogP contribution is -2.38. The summed E-state index contributed by atoms with van der Waals surface area (Å²) >= 11 is 0. The summed E-state index contributed by atoms with van der Waals surface area (Å²) in [6, 6.07) is 0. The van der Waals surface area contributed by atoms with Gasteiger partial charge in [0.1, 0.15) is 0 Å². The molecule has 5 nitrogen and oxygen atoms in total. The van der Waals surface area contributed by atoms with Crippen molar-refractivity contribution in [1.82, 2.24) is 10.6 Å². The predicted molar refractivity (Wildman–Crippen MR) is 117 cm³/mol. The molecule has 0 aromatic rings. The lowest BCUT2D eigenvalue weighted by molar-refractivity contribution is 0.0888. The van der Waals surface area contributed by atoms with Crippen molar-refractivity contribution in [2.75, 3.05) is 46.1 Å². The van der Waals surface area contributed by atoms with Crippen molar-refractivity contribution in [3.8, 4) is 0 Å². The Kier molecular flexibility index (Phi) is 17.3. The van der Waals surface area contributed by atoms with Gasteiger partial charge in [-0.2, -0.15) is 0 Å². The second-order valence-electron chi connectivity index (χ2n) is 6.72. The first-order chi connectivity index (χ1) is 11.8. The molecular formula is C19H40IN3O2.